The topological polar surface area (TPSA) is 44.4 Å². The minimum Gasteiger partial charge on any atom is -0.356 e. The van der Waals surface area contributed by atoms with Crippen LogP contribution in [-0.2, 0) is 11.3 Å². The summed E-state index contributed by atoms with van der Waals surface area (Å²) in [6.07, 6.45) is 8.15. The molecule has 2 atom stereocenters. The molecule has 3 aliphatic rings. The third-order valence-electron chi connectivity index (χ3n) is 6.59. The zero-order valence-corrected chi connectivity index (χ0v) is 18.3. The largest absolute Gasteiger partial charge is 0.356 e. The summed E-state index contributed by atoms with van der Waals surface area (Å²) in [7, 11) is 0. The van der Waals surface area contributed by atoms with Crippen LogP contribution in [0.15, 0.2) is 30.3 Å². The number of benzene rings is 1. The number of nitrogens with zero attached hydrogens (tertiary/aromatic N) is 1. The van der Waals surface area contributed by atoms with Crippen molar-refractivity contribution in [1.82, 2.24) is 15.5 Å². The maximum absolute atomic E-state index is 12.4. The Morgan fingerprint density at radius 2 is 1.61 bits per heavy atom. The number of carbonyl (C=O) groups excluding carboxylic acids is 1. The monoisotopic (exact) mass is 427 g/mol. The highest BCUT2D eigenvalue weighted by Gasteiger charge is 2.34. The van der Waals surface area contributed by atoms with Gasteiger partial charge < -0.3 is 10.6 Å². The molecular weight excluding hydrogens is 393 g/mol. The van der Waals surface area contributed by atoms with Gasteiger partial charge in [-0.15, -0.1) is 24.8 Å². The second-order valence-corrected chi connectivity index (χ2v) is 8.69. The van der Waals surface area contributed by atoms with E-state index >= 15 is 0 Å². The number of hydrogen-bond donors (Lipinski definition) is 2. The van der Waals surface area contributed by atoms with Crippen LogP contribution in [-0.4, -0.2) is 42.5 Å². The first-order valence-electron chi connectivity index (χ1n) is 10.5. The van der Waals surface area contributed by atoms with Crippen molar-refractivity contribution >= 4 is 30.7 Å². The highest BCUT2D eigenvalue weighted by atomic mass is 35.5. The van der Waals surface area contributed by atoms with Gasteiger partial charge in [0.2, 0.25) is 5.91 Å². The normalized spacial score (nSPS) is 27.5. The van der Waals surface area contributed by atoms with E-state index in [2.05, 4.69) is 45.9 Å². The Bertz CT molecular complexity index is 581. The molecule has 2 bridgehead atoms. The van der Waals surface area contributed by atoms with Crippen molar-refractivity contribution in [1.29, 1.82) is 0 Å². The average molecular weight is 428 g/mol. The summed E-state index contributed by atoms with van der Waals surface area (Å²) in [6.45, 7) is 4.22. The van der Waals surface area contributed by atoms with Crippen molar-refractivity contribution in [3.05, 3.63) is 35.9 Å². The second kappa shape index (κ2) is 11.4. The maximum Gasteiger partial charge on any atom is 0.220 e. The number of fused-ring (bicyclic) bond motifs is 2. The zero-order chi connectivity index (χ0) is 17.8. The summed E-state index contributed by atoms with van der Waals surface area (Å²) in [5.41, 5.74) is 1.40. The zero-order valence-electron chi connectivity index (χ0n) is 16.6. The van der Waals surface area contributed by atoms with Gasteiger partial charge in [0, 0.05) is 31.6 Å². The van der Waals surface area contributed by atoms with Gasteiger partial charge >= 0.3 is 0 Å². The van der Waals surface area contributed by atoms with Crippen LogP contribution in [0, 0.1) is 11.8 Å². The van der Waals surface area contributed by atoms with Crippen molar-refractivity contribution in [3.8, 4) is 0 Å². The highest BCUT2D eigenvalue weighted by molar-refractivity contribution is 5.85. The lowest BCUT2D eigenvalue weighted by molar-refractivity contribution is -0.122. The molecule has 0 aromatic heterocycles. The molecule has 1 aromatic carbocycles. The number of carbonyl (C=O) groups is 1. The molecule has 1 amide bonds. The van der Waals surface area contributed by atoms with Gasteiger partial charge in [-0.1, -0.05) is 30.3 Å². The Hall–Kier alpha value is -0.810. The van der Waals surface area contributed by atoms with E-state index in [0.717, 1.165) is 32.6 Å². The van der Waals surface area contributed by atoms with Crippen molar-refractivity contribution in [2.75, 3.05) is 19.6 Å². The fourth-order valence-electron chi connectivity index (χ4n) is 5.12. The van der Waals surface area contributed by atoms with Gasteiger partial charge in [0.1, 0.15) is 0 Å². The minimum atomic E-state index is 0. The first kappa shape index (κ1) is 23.5. The Balaban J connectivity index is 0.00000140. The van der Waals surface area contributed by atoms with Gasteiger partial charge in [-0.25, -0.2) is 0 Å². The van der Waals surface area contributed by atoms with Gasteiger partial charge in [-0.3, -0.25) is 9.69 Å². The average Bonchev–Trinajstić information content (AvgIpc) is 3.00. The van der Waals surface area contributed by atoms with Crippen molar-refractivity contribution in [2.45, 2.75) is 63.6 Å². The molecule has 4 nitrogen and oxygen atoms in total. The highest BCUT2D eigenvalue weighted by Crippen LogP contribution is 2.32. The molecule has 158 valence electrons. The molecule has 3 aliphatic heterocycles. The number of likely N-dealkylation sites (tertiary alicyclic amines) is 1. The van der Waals surface area contributed by atoms with Crippen LogP contribution in [0.1, 0.15) is 50.5 Å². The van der Waals surface area contributed by atoms with Crippen LogP contribution in [0.4, 0.5) is 0 Å². The van der Waals surface area contributed by atoms with Crippen LogP contribution >= 0.6 is 24.8 Å². The molecule has 2 unspecified atom stereocenters. The summed E-state index contributed by atoms with van der Waals surface area (Å²) in [5, 5.41) is 6.90. The van der Waals surface area contributed by atoms with Gasteiger partial charge in [0.15, 0.2) is 0 Å². The van der Waals surface area contributed by atoms with Crippen LogP contribution in [0.3, 0.4) is 0 Å². The summed E-state index contributed by atoms with van der Waals surface area (Å²) < 4.78 is 0. The number of rotatable bonds is 6. The Labute approximate surface area is 182 Å². The van der Waals surface area contributed by atoms with E-state index in [1.165, 1.54) is 44.1 Å². The standard InChI is InChI=1S/C22H33N3O.2ClH/c26-22(14-19-12-20-6-7-21(13-19)24-20)23-15-17-8-10-25(11-9-17)16-18-4-2-1-3-5-18;;/h1-5,17,19-21,24H,6-16H2,(H,23,26);2*1H. The molecule has 0 aliphatic carbocycles. The molecule has 0 spiro atoms. The number of hydrogen-bond acceptors (Lipinski definition) is 3. The number of amides is 1. The molecule has 2 N–H and O–H groups in total. The molecule has 3 fully saturated rings. The van der Waals surface area contributed by atoms with Crippen LogP contribution < -0.4 is 10.6 Å². The van der Waals surface area contributed by atoms with E-state index in [9.17, 15) is 4.79 Å². The fraction of sp³-hybridized carbons (Fsp3) is 0.682. The molecule has 3 saturated heterocycles. The summed E-state index contributed by atoms with van der Waals surface area (Å²) in [4.78, 5) is 14.9. The number of nitrogens with one attached hydrogen (secondary N) is 2. The van der Waals surface area contributed by atoms with E-state index in [4.69, 9.17) is 0 Å². The summed E-state index contributed by atoms with van der Waals surface area (Å²) >= 11 is 0. The Morgan fingerprint density at radius 3 is 2.25 bits per heavy atom. The third-order valence-corrected chi connectivity index (χ3v) is 6.59. The predicted molar refractivity (Wildman–Crippen MR) is 119 cm³/mol. The molecule has 0 radical (unpaired) electrons. The molecule has 4 rings (SSSR count). The second-order valence-electron chi connectivity index (χ2n) is 8.69. The Kier molecular flexibility index (Phi) is 9.55. The van der Waals surface area contributed by atoms with Crippen LogP contribution in [0.5, 0.6) is 0 Å². The number of piperidine rings is 2. The fourth-order valence-corrected chi connectivity index (χ4v) is 5.12. The SMILES string of the molecule is Cl.Cl.O=C(CC1CC2CCC(C1)N2)NCC1CCN(Cc2ccccc2)CC1. The molecular formula is C22H35Cl2N3O. The van der Waals surface area contributed by atoms with E-state index in [1.807, 2.05) is 0 Å². The predicted octanol–water partition coefficient (Wildman–Crippen LogP) is 3.78. The van der Waals surface area contributed by atoms with Gasteiger partial charge in [-0.05, 0) is 69.0 Å². The lowest BCUT2D eigenvalue weighted by atomic mass is 9.89. The molecule has 1 aromatic rings. The van der Waals surface area contributed by atoms with E-state index in [0.29, 0.717) is 23.9 Å². The first-order chi connectivity index (χ1) is 12.7. The van der Waals surface area contributed by atoms with E-state index in [-0.39, 0.29) is 30.7 Å². The van der Waals surface area contributed by atoms with Crippen molar-refractivity contribution in [3.63, 3.8) is 0 Å². The van der Waals surface area contributed by atoms with Gasteiger partial charge in [0.05, 0.1) is 0 Å². The lowest BCUT2D eigenvalue weighted by Gasteiger charge is -2.32. The van der Waals surface area contributed by atoms with E-state index < -0.39 is 0 Å². The van der Waals surface area contributed by atoms with Crippen molar-refractivity contribution < 1.29 is 4.79 Å². The maximum atomic E-state index is 12.4. The third kappa shape index (κ3) is 6.62. The lowest BCUT2D eigenvalue weighted by Crippen LogP contribution is -2.41. The smallest absolute Gasteiger partial charge is 0.220 e. The molecule has 6 heteroatoms. The molecule has 0 saturated carbocycles. The van der Waals surface area contributed by atoms with E-state index in [1.54, 1.807) is 0 Å². The Morgan fingerprint density at radius 1 is 0.964 bits per heavy atom. The molecule has 3 heterocycles. The van der Waals surface area contributed by atoms with Gasteiger partial charge in [-0.2, -0.15) is 0 Å². The minimum absolute atomic E-state index is 0. The number of halogens is 2. The van der Waals surface area contributed by atoms with Crippen LogP contribution in [0.2, 0.25) is 0 Å². The molecule has 28 heavy (non-hydrogen) atoms. The van der Waals surface area contributed by atoms with Crippen LogP contribution in [0.25, 0.3) is 0 Å². The first-order valence-corrected chi connectivity index (χ1v) is 10.5. The quantitative estimate of drug-likeness (QED) is 0.725. The van der Waals surface area contributed by atoms with Gasteiger partial charge in [0.25, 0.3) is 0 Å². The van der Waals surface area contributed by atoms with Crippen molar-refractivity contribution in [2.24, 2.45) is 11.8 Å². The summed E-state index contributed by atoms with van der Waals surface area (Å²) in [6, 6.07) is 12.1. The summed E-state index contributed by atoms with van der Waals surface area (Å²) in [5.74, 6) is 1.53.